The fourth-order valence-electron chi connectivity index (χ4n) is 3.33. The normalized spacial score (nSPS) is 19.0. The summed E-state index contributed by atoms with van der Waals surface area (Å²) < 4.78 is 5.95. The summed E-state index contributed by atoms with van der Waals surface area (Å²) in [5, 5.41) is 0. The number of nitrogens with two attached hydrogens (primary N) is 1. The van der Waals surface area contributed by atoms with E-state index in [0.717, 1.165) is 29.8 Å². The van der Waals surface area contributed by atoms with E-state index in [2.05, 4.69) is 13.8 Å². The van der Waals surface area contributed by atoms with E-state index in [1.54, 1.807) is 0 Å². The number of ether oxygens (including phenoxy) is 1. The molecular formula is C19H30N2O2. The molecule has 1 aliphatic heterocycles. The zero-order chi connectivity index (χ0) is 17.1. The molecule has 0 aromatic heterocycles. The standard InChI is InChI=1S/C19H30N2O2/c1-6-13(7-2)17(20)14-9-10-16-15(11-14)21(8-3)19(22)18(23-16)12(4)5/h9-13,17-18H,6-8,20H2,1-5H3. The van der Waals surface area contributed by atoms with Crippen LogP contribution in [0.15, 0.2) is 18.2 Å². The maximum Gasteiger partial charge on any atom is 0.268 e. The number of hydrogen-bond acceptors (Lipinski definition) is 3. The van der Waals surface area contributed by atoms with Crippen molar-refractivity contribution in [3.63, 3.8) is 0 Å². The second kappa shape index (κ2) is 7.35. The summed E-state index contributed by atoms with van der Waals surface area (Å²) in [5.74, 6) is 1.43. The van der Waals surface area contributed by atoms with E-state index in [-0.39, 0.29) is 17.9 Å². The molecule has 0 bridgehead atoms. The molecule has 0 aliphatic carbocycles. The van der Waals surface area contributed by atoms with Crippen molar-refractivity contribution in [3.8, 4) is 5.75 Å². The summed E-state index contributed by atoms with van der Waals surface area (Å²) in [7, 11) is 0. The molecular weight excluding hydrogens is 288 g/mol. The number of fused-ring (bicyclic) bond motifs is 1. The Labute approximate surface area is 140 Å². The maximum atomic E-state index is 12.7. The molecule has 2 unspecified atom stereocenters. The Morgan fingerprint density at radius 2 is 1.87 bits per heavy atom. The Hall–Kier alpha value is -1.55. The Balaban J connectivity index is 2.39. The van der Waals surface area contributed by atoms with Gasteiger partial charge in [-0.05, 0) is 36.5 Å². The number of likely N-dealkylation sites (N-methyl/N-ethyl adjacent to an activating group) is 1. The Bertz CT molecular complexity index is 552. The average Bonchev–Trinajstić information content (AvgIpc) is 2.54. The molecule has 1 heterocycles. The molecule has 2 rings (SSSR count). The van der Waals surface area contributed by atoms with Gasteiger partial charge in [0.1, 0.15) is 5.75 Å². The summed E-state index contributed by atoms with van der Waals surface area (Å²) in [5.41, 5.74) is 8.38. The Kier molecular flexibility index (Phi) is 5.69. The van der Waals surface area contributed by atoms with Crippen LogP contribution in [-0.4, -0.2) is 18.6 Å². The molecule has 1 aromatic rings. The van der Waals surface area contributed by atoms with Crippen molar-refractivity contribution in [2.24, 2.45) is 17.6 Å². The van der Waals surface area contributed by atoms with Crippen LogP contribution in [-0.2, 0) is 4.79 Å². The van der Waals surface area contributed by atoms with Gasteiger partial charge in [0.2, 0.25) is 0 Å². The third-order valence-electron chi connectivity index (χ3n) is 4.90. The van der Waals surface area contributed by atoms with E-state index in [1.165, 1.54) is 0 Å². The topological polar surface area (TPSA) is 55.6 Å². The van der Waals surface area contributed by atoms with Gasteiger partial charge in [-0.25, -0.2) is 0 Å². The molecule has 0 fully saturated rings. The van der Waals surface area contributed by atoms with Gasteiger partial charge in [0.15, 0.2) is 6.10 Å². The van der Waals surface area contributed by atoms with Crippen molar-refractivity contribution in [3.05, 3.63) is 23.8 Å². The first-order chi connectivity index (χ1) is 10.9. The van der Waals surface area contributed by atoms with Crippen LogP contribution in [0.3, 0.4) is 0 Å². The van der Waals surface area contributed by atoms with Crippen LogP contribution in [0.25, 0.3) is 0 Å². The van der Waals surface area contributed by atoms with Gasteiger partial charge < -0.3 is 15.4 Å². The number of carbonyl (C=O) groups excluding carboxylic acids is 1. The molecule has 0 spiro atoms. The van der Waals surface area contributed by atoms with E-state index in [1.807, 2.05) is 43.9 Å². The smallest absolute Gasteiger partial charge is 0.268 e. The van der Waals surface area contributed by atoms with Crippen molar-refractivity contribution in [2.45, 2.75) is 59.6 Å². The van der Waals surface area contributed by atoms with Crippen molar-refractivity contribution >= 4 is 11.6 Å². The van der Waals surface area contributed by atoms with E-state index < -0.39 is 6.10 Å². The molecule has 1 aliphatic rings. The fraction of sp³-hybridized carbons (Fsp3) is 0.632. The first kappa shape index (κ1) is 17.8. The average molecular weight is 318 g/mol. The highest BCUT2D eigenvalue weighted by atomic mass is 16.5. The predicted molar refractivity (Wildman–Crippen MR) is 94.7 cm³/mol. The molecule has 0 radical (unpaired) electrons. The molecule has 1 aromatic carbocycles. The quantitative estimate of drug-likeness (QED) is 0.865. The number of hydrogen-bond donors (Lipinski definition) is 1. The molecule has 2 atom stereocenters. The summed E-state index contributed by atoms with van der Waals surface area (Å²) in [4.78, 5) is 14.5. The number of carbonyl (C=O) groups is 1. The van der Waals surface area contributed by atoms with Crippen molar-refractivity contribution in [1.29, 1.82) is 0 Å². The highest BCUT2D eigenvalue weighted by molar-refractivity contribution is 6.00. The van der Waals surface area contributed by atoms with Gasteiger partial charge in [-0.2, -0.15) is 0 Å². The highest BCUT2D eigenvalue weighted by Crippen LogP contribution is 2.38. The number of benzene rings is 1. The molecule has 0 saturated carbocycles. The van der Waals surface area contributed by atoms with Crippen LogP contribution in [0.2, 0.25) is 0 Å². The fourth-order valence-corrected chi connectivity index (χ4v) is 3.33. The second-order valence-electron chi connectivity index (χ2n) is 6.69. The van der Waals surface area contributed by atoms with Gasteiger partial charge in [-0.1, -0.05) is 46.6 Å². The molecule has 0 saturated heterocycles. The van der Waals surface area contributed by atoms with E-state index >= 15 is 0 Å². The van der Waals surface area contributed by atoms with E-state index in [4.69, 9.17) is 10.5 Å². The van der Waals surface area contributed by atoms with Crippen molar-refractivity contribution < 1.29 is 9.53 Å². The zero-order valence-corrected chi connectivity index (χ0v) is 15.0. The van der Waals surface area contributed by atoms with Crippen LogP contribution in [0, 0.1) is 11.8 Å². The summed E-state index contributed by atoms with van der Waals surface area (Å²) in [6.07, 6.45) is 1.70. The third kappa shape index (κ3) is 3.37. The monoisotopic (exact) mass is 318 g/mol. The lowest BCUT2D eigenvalue weighted by atomic mass is 9.89. The highest BCUT2D eigenvalue weighted by Gasteiger charge is 2.36. The minimum absolute atomic E-state index is 0.00747. The molecule has 1 amide bonds. The minimum Gasteiger partial charge on any atom is -0.478 e. The second-order valence-corrected chi connectivity index (χ2v) is 6.69. The number of amides is 1. The molecule has 23 heavy (non-hydrogen) atoms. The summed E-state index contributed by atoms with van der Waals surface area (Å²) >= 11 is 0. The summed E-state index contributed by atoms with van der Waals surface area (Å²) in [6, 6.07) is 6.04. The van der Waals surface area contributed by atoms with Crippen LogP contribution in [0.4, 0.5) is 5.69 Å². The molecule has 128 valence electrons. The van der Waals surface area contributed by atoms with Gasteiger partial charge in [-0.3, -0.25) is 4.79 Å². The lowest BCUT2D eigenvalue weighted by Crippen LogP contribution is -2.48. The largest absolute Gasteiger partial charge is 0.478 e. The van der Waals surface area contributed by atoms with Crippen LogP contribution in [0.5, 0.6) is 5.75 Å². The Morgan fingerprint density at radius 1 is 1.22 bits per heavy atom. The van der Waals surface area contributed by atoms with Gasteiger partial charge in [0.25, 0.3) is 5.91 Å². The SMILES string of the molecule is CCC(CC)C(N)c1ccc2c(c1)N(CC)C(=O)C(C(C)C)O2. The summed E-state index contributed by atoms with van der Waals surface area (Å²) in [6.45, 7) is 11.0. The van der Waals surface area contributed by atoms with Crippen LogP contribution < -0.4 is 15.4 Å². The van der Waals surface area contributed by atoms with E-state index in [0.29, 0.717) is 12.5 Å². The number of rotatable bonds is 6. The lowest BCUT2D eigenvalue weighted by molar-refractivity contribution is -0.128. The van der Waals surface area contributed by atoms with Gasteiger partial charge >= 0.3 is 0 Å². The third-order valence-corrected chi connectivity index (χ3v) is 4.90. The van der Waals surface area contributed by atoms with E-state index in [9.17, 15) is 4.79 Å². The molecule has 4 nitrogen and oxygen atoms in total. The van der Waals surface area contributed by atoms with Gasteiger partial charge in [-0.15, -0.1) is 0 Å². The first-order valence-electron chi connectivity index (χ1n) is 8.82. The van der Waals surface area contributed by atoms with Crippen LogP contribution in [0.1, 0.15) is 59.1 Å². The van der Waals surface area contributed by atoms with Gasteiger partial charge in [0, 0.05) is 12.6 Å². The van der Waals surface area contributed by atoms with Crippen LogP contribution >= 0.6 is 0 Å². The Morgan fingerprint density at radius 3 is 2.39 bits per heavy atom. The zero-order valence-electron chi connectivity index (χ0n) is 15.0. The minimum atomic E-state index is -0.402. The molecule has 4 heteroatoms. The number of nitrogens with zero attached hydrogens (tertiary/aromatic N) is 1. The lowest BCUT2D eigenvalue weighted by Gasteiger charge is -2.36. The maximum absolute atomic E-state index is 12.7. The van der Waals surface area contributed by atoms with Crippen molar-refractivity contribution in [1.82, 2.24) is 0 Å². The predicted octanol–water partition coefficient (Wildman–Crippen LogP) is 3.89. The first-order valence-corrected chi connectivity index (χ1v) is 8.82. The van der Waals surface area contributed by atoms with Crippen molar-refractivity contribution in [2.75, 3.05) is 11.4 Å². The van der Waals surface area contributed by atoms with Gasteiger partial charge in [0.05, 0.1) is 5.69 Å². The molecule has 2 N–H and O–H groups in total. The number of anilines is 1.